The zero-order valence-electron chi connectivity index (χ0n) is 33.9. The molecule has 5 N–H and O–H groups in total. The molecule has 1 aliphatic rings. The van der Waals surface area contributed by atoms with Crippen molar-refractivity contribution in [1.82, 2.24) is 59.0 Å². The second-order valence-corrected chi connectivity index (χ2v) is 20.7. The van der Waals surface area contributed by atoms with E-state index in [1.165, 1.54) is 0 Å². The first-order valence-corrected chi connectivity index (χ1v) is 22.6. The van der Waals surface area contributed by atoms with Gasteiger partial charge in [-0.15, -0.1) is 0 Å². The number of H-pyrrole nitrogens is 1. The fraction of sp³-hybridized carbons (Fsp3) is 0.350. The molecule has 0 spiro atoms. The number of rotatable bonds is 13. The molecule has 7 aromatic heterocycles. The molecule has 7 aromatic rings. The standard InChI is InChI=1S/C23H32N8O2Si.C16H15N7O.CH4.W/c1-6-33-23-27-18-19(24)28-20(22-25-9-10-30(22)15-32-11-12-34(3,4)5)29-21(18)31(23)14-17-8-7-16(2)26-13-17;1-9-2-3-10(7-20-9)8-23-12(24)6-11-13(17)21-15(22-16(11)23)14-18-4-5-19-14;;/h7-10,13H,6,11-12,14-15H2,1-5H3,(H2,24,28,29);2-5,7H,6,8H2,1H3,(H,18,19)(H2,17,21,22);1H4;. The topological polar surface area (TPSA) is 232 Å². The van der Waals surface area contributed by atoms with Gasteiger partial charge in [0.25, 0.3) is 6.01 Å². The predicted molar refractivity (Wildman–Crippen MR) is 229 cm³/mol. The molecule has 0 atom stereocenters. The number of aryl methyl sites for hydroxylation is 2. The van der Waals surface area contributed by atoms with Gasteiger partial charge in [-0.1, -0.05) is 39.2 Å². The van der Waals surface area contributed by atoms with Crippen molar-refractivity contribution in [3.63, 3.8) is 0 Å². The van der Waals surface area contributed by atoms with Crippen LogP contribution in [0.2, 0.25) is 25.7 Å². The summed E-state index contributed by atoms with van der Waals surface area (Å²) in [4.78, 5) is 56.9. The molecule has 20 heteroatoms. The molecule has 18 nitrogen and oxygen atoms in total. The number of nitrogen functional groups attached to an aromatic ring is 2. The average Bonchev–Trinajstić information content (AvgIpc) is 4.01. The minimum Gasteiger partial charge on any atom is -0.465 e. The summed E-state index contributed by atoms with van der Waals surface area (Å²) >= 11 is 0. The fourth-order valence-corrected chi connectivity index (χ4v) is 6.85. The zero-order valence-corrected chi connectivity index (χ0v) is 37.8. The van der Waals surface area contributed by atoms with Gasteiger partial charge in [0, 0.05) is 89.9 Å². The van der Waals surface area contributed by atoms with Crippen molar-refractivity contribution in [2.45, 2.75) is 80.1 Å². The Morgan fingerprint density at radius 1 is 0.850 bits per heavy atom. The number of hydrogen-bond acceptors (Lipinski definition) is 14. The van der Waals surface area contributed by atoms with Crippen LogP contribution in [0.3, 0.4) is 0 Å². The van der Waals surface area contributed by atoms with Crippen LogP contribution in [0, 0.1) is 13.8 Å². The third-order valence-corrected chi connectivity index (χ3v) is 10.9. The van der Waals surface area contributed by atoms with Crippen molar-refractivity contribution in [2.75, 3.05) is 29.6 Å². The summed E-state index contributed by atoms with van der Waals surface area (Å²) in [7, 11) is -1.16. The van der Waals surface area contributed by atoms with Crippen molar-refractivity contribution < 1.29 is 35.3 Å². The minimum atomic E-state index is -1.16. The number of hydrogen-bond donors (Lipinski definition) is 3. The maximum absolute atomic E-state index is 12.4. The predicted octanol–water partition coefficient (Wildman–Crippen LogP) is 5.61. The van der Waals surface area contributed by atoms with Gasteiger partial charge < -0.3 is 30.5 Å². The summed E-state index contributed by atoms with van der Waals surface area (Å²) in [6.07, 6.45) is 10.7. The van der Waals surface area contributed by atoms with E-state index in [1.54, 1.807) is 29.7 Å². The number of nitrogens with one attached hydrogen (secondary N) is 1. The number of aromatic nitrogens is 12. The summed E-state index contributed by atoms with van der Waals surface area (Å²) in [5.41, 5.74) is 17.9. The SMILES string of the molecule is C.CCOc1nc2c(N)nc(-c3nccn3COCC[Si](C)(C)C)nc2n1Cc1ccc(C)nc1.Cc1ccc(CN2C(=O)Cc3c(N)nc(-c4ncc[nH]4)nc32)cn1.[W]. The Morgan fingerprint density at radius 3 is 2.18 bits per heavy atom. The van der Waals surface area contributed by atoms with Crippen molar-refractivity contribution in [1.29, 1.82) is 0 Å². The van der Waals surface area contributed by atoms with Gasteiger partial charge in [-0.3, -0.25) is 24.2 Å². The van der Waals surface area contributed by atoms with Gasteiger partial charge in [0.2, 0.25) is 5.91 Å². The number of amides is 1. The van der Waals surface area contributed by atoms with Crippen LogP contribution in [0.4, 0.5) is 17.5 Å². The molecule has 0 saturated carbocycles. The number of nitrogens with two attached hydrogens (primary N) is 2. The van der Waals surface area contributed by atoms with Crippen LogP contribution in [0.15, 0.2) is 61.4 Å². The van der Waals surface area contributed by atoms with Gasteiger partial charge in [0.15, 0.2) is 40.3 Å². The van der Waals surface area contributed by atoms with E-state index < -0.39 is 8.07 Å². The normalized spacial score (nSPS) is 12.1. The van der Waals surface area contributed by atoms with Crippen LogP contribution >= 0.6 is 0 Å². The molecule has 0 aromatic carbocycles. The number of fused-ring (bicyclic) bond motifs is 2. The molecule has 0 aliphatic carbocycles. The zero-order chi connectivity index (χ0) is 41.0. The van der Waals surface area contributed by atoms with Gasteiger partial charge in [0.05, 0.1) is 26.1 Å². The van der Waals surface area contributed by atoms with Gasteiger partial charge in [-0.2, -0.15) is 4.98 Å². The maximum Gasteiger partial charge on any atom is 0.299 e. The van der Waals surface area contributed by atoms with Crippen molar-refractivity contribution >= 4 is 42.6 Å². The quantitative estimate of drug-likeness (QED) is 0.0942. The Hall–Kier alpha value is -5.91. The van der Waals surface area contributed by atoms with Crippen molar-refractivity contribution in [3.8, 4) is 29.3 Å². The number of imidazole rings is 3. The second-order valence-electron chi connectivity index (χ2n) is 15.0. The van der Waals surface area contributed by atoms with Gasteiger partial charge in [-0.25, -0.2) is 29.9 Å². The first-order chi connectivity index (χ1) is 27.9. The molecule has 0 bridgehead atoms. The number of anilines is 3. The van der Waals surface area contributed by atoms with E-state index in [0.717, 1.165) is 28.6 Å². The third kappa shape index (κ3) is 10.4. The summed E-state index contributed by atoms with van der Waals surface area (Å²) in [5.74, 6) is 2.96. The van der Waals surface area contributed by atoms with E-state index in [2.05, 4.69) is 64.5 Å². The van der Waals surface area contributed by atoms with E-state index in [0.29, 0.717) is 90.7 Å². The Morgan fingerprint density at radius 2 is 1.55 bits per heavy atom. The van der Waals surface area contributed by atoms with Crippen molar-refractivity contribution in [2.24, 2.45) is 0 Å². The molecule has 0 unspecified atom stereocenters. The van der Waals surface area contributed by atoms with E-state index >= 15 is 0 Å². The number of carbonyl (C=O) groups is 1. The Balaban J connectivity index is 0.000000232. The number of aromatic amines is 1. The smallest absolute Gasteiger partial charge is 0.299 e. The molecule has 0 fully saturated rings. The van der Waals surface area contributed by atoms with Crippen LogP contribution in [-0.2, 0) is 56.8 Å². The van der Waals surface area contributed by atoms with Crippen LogP contribution in [0.25, 0.3) is 34.5 Å². The first-order valence-electron chi connectivity index (χ1n) is 18.9. The molecular formula is C40H51N15O3SiW. The van der Waals surface area contributed by atoms with Gasteiger partial charge >= 0.3 is 0 Å². The van der Waals surface area contributed by atoms with Crippen LogP contribution < -0.4 is 21.1 Å². The third-order valence-electron chi connectivity index (χ3n) is 9.24. The van der Waals surface area contributed by atoms with Crippen molar-refractivity contribution in [3.05, 3.63) is 89.5 Å². The Bertz CT molecular complexity index is 2520. The van der Waals surface area contributed by atoms with E-state index in [1.807, 2.05) is 66.6 Å². The molecule has 8 heterocycles. The van der Waals surface area contributed by atoms with E-state index in [4.69, 9.17) is 25.9 Å². The second kappa shape index (κ2) is 19.4. The van der Waals surface area contributed by atoms with Crippen LogP contribution in [0.1, 0.15) is 42.4 Å². The minimum absolute atomic E-state index is 0. The molecule has 1 amide bonds. The first kappa shape index (κ1) is 45.2. The van der Waals surface area contributed by atoms with Gasteiger partial charge in [0.1, 0.15) is 18.4 Å². The van der Waals surface area contributed by atoms with Gasteiger partial charge in [-0.05, 0) is 50.1 Å². The number of pyridine rings is 2. The Kier molecular flexibility index (Phi) is 14.6. The molecule has 314 valence electrons. The molecular weight excluding hydrogens is 950 g/mol. The van der Waals surface area contributed by atoms with E-state index in [-0.39, 0.29) is 46.6 Å². The number of ether oxygens (including phenoxy) is 2. The molecule has 0 saturated heterocycles. The molecule has 60 heavy (non-hydrogen) atoms. The largest absolute Gasteiger partial charge is 0.465 e. The summed E-state index contributed by atoms with van der Waals surface area (Å²) in [6.45, 7) is 15.2. The van der Waals surface area contributed by atoms with E-state index in [9.17, 15) is 4.79 Å². The van der Waals surface area contributed by atoms with Crippen LogP contribution in [-0.4, -0.2) is 86.2 Å². The number of carbonyl (C=O) groups excluding carboxylic acids is 1. The molecule has 8 rings (SSSR count). The monoisotopic (exact) mass is 1000 g/mol. The molecule has 1 aliphatic heterocycles. The average molecular weight is 1000 g/mol. The summed E-state index contributed by atoms with van der Waals surface area (Å²) in [5, 5.41) is 0. The molecule has 0 radical (unpaired) electrons. The summed E-state index contributed by atoms with van der Waals surface area (Å²) in [6, 6.07) is 9.40. The number of nitrogens with zero attached hydrogens (tertiary/aromatic N) is 12. The fourth-order valence-electron chi connectivity index (χ4n) is 6.10. The van der Waals surface area contributed by atoms with Crippen LogP contribution in [0.5, 0.6) is 6.01 Å². The Labute approximate surface area is 364 Å². The maximum atomic E-state index is 12.4. The summed E-state index contributed by atoms with van der Waals surface area (Å²) < 4.78 is 15.5.